The third kappa shape index (κ3) is 4.07. The Labute approximate surface area is 125 Å². The van der Waals surface area contributed by atoms with Crippen LogP contribution in [0, 0.1) is 11.8 Å². The summed E-state index contributed by atoms with van der Waals surface area (Å²) in [6.45, 7) is 3.82. The van der Waals surface area contributed by atoms with Crippen LogP contribution in [0.1, 0.15) is 39.0 Å². The van der Waals surface area contributed by atoms with E-state index in [0.717, 1.165) is 32.2 Å². The Hall–Kier alpha value is 0.170. The molecule has 0 spiro atoms. The fourth-order valence-corrected chi connectivity index (χ4v) is 3.86. The molecule has 5 heteroatoms. The molecule has 2 fully saturated rings. The molecule has 2 aliphatic rings. The number of rotatable bonds is 3. The van der Waals surface area contributed by atoms with Crippen LogP contribution in [0.25, 0.3) is 0 Å². The van der Waals surface area contributed by atoms with E-state index in [1.54, 1.807) is 0 Å². The van der Waals surface area contributed by atoms with E-state index in [1.807, 2.05) is 0 Å². The van der Waals surface area contributed by atoms with Crippen molar-refractivity contribution in [3.05, 3.63) is 0 Å². The predicted octanol–water partition coefficient (Wildman–Crippen LogP) is 1.17. The minimum atomic E-state index is -0.0607. The van der Waals surface area contributed by atoms with Gasteiger partial charge in [0.25, 0.3) is 0 Å². The summed E-state index contributed by atoms with van der Waals surface area (Å²) < 4.78 is 0. The number of alkyl halides is 2. The largest absolute Gasteiger partial charge is 0.314 e. The highest BCUT2D eigenvalue weighted by Crippen LogP contribution is 2.31. The molecule has 6 unspecified atom stereocenters. The summed E-state index contributed by atoms with van der Waals surface area (Å²) in [5, 5.41) is -0.0365. The number of likely N-dealkylation sites (tertiary alicyclic amines) is 1. The zero-order valence-corrected chi connectivity index (χ0v) is 13.1. The Morgan fingerprint density at radius 2 is 1.95 bits per heavy atom. The summed E-state index contributed by atoms with van der Waals surface area (Å²) in [4.78, 5) is 13.6. The van der Waals surface area contributed by atoms with Gasteiger partial charge in [-0.25, -0.2) is 0 Å². The number of nitrogens with one attached hydrogen (secondary N) is 1. The molecule has 110 valence electrons. The number of quaternary nitrogens is 1. The van der Waals surface area contributed by atoms with Crippen LogP contribution in [0.3, 0.4) is 0 Å². The van der Waals surface area contributed by atoms with Gasteiger partial charge in [0.2, 0.25) is 0 Å². The van der Waals surface area contributed by atoms with Gasteiger partial charge in [-0.15, -0.1) is 23.2 Å². The van der Waals surface area contributed by atoms with Gasteiger partial charge in [0.1, 0.15) is 12.7 Å². The standard InChI is InChI=1S/C14H24Cl2N2O/c1-9-4-5-18(14(17)6-9)8-13(19)10-2-3-11(15)12(16)7-10/h9-12,14H,2-8,17H2,1H3/p+1. The lowest BCUT2D eigenvalue weighted by atomic mass is 9.85. The lowest BCUT2D eigenvalue weighted by Gasteiger charge is -2.34. The van der Waals surface area contributed by atoms with Gasteiger partial charge in [0, 0.05) is 17.7 Å². The summed E-state index contributed by atoms with van der Waals surface area (Å²) in [6, 6.07) is 0. The Balaban J connectivity index is 1.84. The molecule has 2 rings (SSSR count). The molecule has 3 N–H and O–H groups in total. The van der Waals surface area contributed by atoms with Crippen LogP contribution in [-0.2, 0) is 4.79 Å². The number of carbonyl (C=O) groups is 1. The maximum atomic E-state index is 12.4. The number of hydrogen-bond donors (Lipinski definition) is 2. The number of Topliss-reactive ketones (excluding diaryl/α,β-unsaturated/α-hetero) is 1. The highest BCUT2D eigenvalue weighted by molar-refractivity contribution is 6.30. The van der Waals surface area contributed by atoms with E-state index < -0.39 is 0 Å². The number of piperidine rings is 1. The average Bonchev–Trinajstić information content (AvgIpc) is 2.36. The molecule has 1 aliphatic carbocycles. The van der Waals surface area contributed by atoms with Crippen LogP contribution in [0.4, 0.5) is 0 Å². The number of hydrogen-bond acceptors (Lipinski definition) is 2. The van der Waals surface area contributed by atoms with E-state index in [4.69, 9.17) is 28.9 Å². The zero-order chi connectivity index (χ0) is 14.0. The van der Waals surface area contributed by atoms with Gasteiger partial charge in [-0.3, -0.25) is 10.5 Å². The van der Waals surface area contributed by atoms with Crippen molar-refractivity contribution in [1.82, 2.24) is 0 Å². The molecular formula is C14H25Cl2N2O+. The van der Waals surface area contributed by atoms with E-state index in [2.05, 4.69) is 6.92 Å². The van der Waals surface area contributed by atoms with Crippen molar-refractivity contribution in [3.8, 4) is 0 Å². The van der Waals surface area contributed by atoms with E-state index in [-0.39, 0.29) is 22.8 Å². The second-order valence-electron chi connectivity index (χ2n) is 6.33. The molecule has 1 saturated heterocycles. The second kappa shape index (κ2) is 6.75. The van der Waals surface area contributed by atoms with Gasteiger partial charge >= 0.3 is 0 Å². The van der Waals surface area contributed by atoms with Crippen molar-refractivity contribution in [2.75, 3.05) is 13.1 Å². The molecule has 1 aliphatic heterocycles. The van der Waals surface area contributed by atoms with Crippen molar-refractivity contribution in [1.29, 1.82) is 0 Å². The average molecular weight is 308 g/mol. The first-order valence-electron chi connectivity index (χ1n) is 7.38. The molecule has 1 heterocycles. The first kappa shape index (κ1) is 15.6. The first-order valence-corrected chi connectivity index (χ1v) is 8.25. The molecule has 0 aromatic heterocycles. The minimum Gasteiger partial charge on any atom is -0.314 e. The highest BCUT2D eigenvalue weighted by Gasteiger charge is 2.35. The lowest BCUT2D eigenvalue weighted by molar-refractivity contribution is -0.924. The summed E-state index contributed by atoms with van der Waals surface area (Å²) >= 11 is 12.3. The van der Waals surface area contributed by atoms with E-state index >= 15 is 0 Å². The summed E-state index contributed by atoms with van der Waals surface area (Å²) in [5.41, 5.74) is 6.16. The van der Waals surface area contributed by atoms with Crippen LogP contribution in [-0.4, -0.2) is 35.8 Å². The normalized spacial score (nSPS) is 44.0. The SMILES string of the molecule is CC1CC[NH+](CC(=O)C2CCC(Cl)C(Cl)C2)C(N)C1. The molecule has 0 aromatic carbocycles. The van der Waals surface area contributed by atoms with Gasteiger partial charge in [0.05, 0.1) is 11.9 Å². The van der Waals surface area contributed by atoms with E-state index in [9.17, 15) is 4.79 Å². The maximum Gasteiger partial charge on any atom is 0.189 e. The van der Waals surface area contributed by atoms with Gasteiger partial charge in [0.15, 0.2) is 5.78 Å². The van der Waals surface area contributed by atoms with E-state index in [1.165, 1.54) is 11.3 Å². The van der Waals surface area contributed by atoms with Crippen molar-refractivity contribution in [2.45, 2.75) is 55.9 Å². The third-order valence-corrected chi connectivity index (χ3v) is 5.82. The van der Waals surface area contributed by atoms with Crippen molar-refractivity contribution < 1.29 is 9.69 Å². The zero-order valence-electron chi connectivity index (χ0n) is 11.6. The van der Waals surface area contributed by atoms with Gasteiger partial charge in [-0.1, -0.05) is 6.92 Å². The Morgan fingerprint density at radius 3 is 2.58 bits per heavy atom. The monoisotopic (exact) mass is 307 g/mol. The van der Waals surface area contributed by atoms with Crippen LogP contribution >= 0.6 is 23.2 Å². The van der Waals surface area contributed by atoms with Crippen molar-refractivity contribution in [2.24, 2.45) is 17.6 Å². The molecule has 1 saturated carbocycles. The van der Waals surface area contributed by atoms with Crippen LogP contribution < -0.4 is 10.6 Å². The highest BCUT2D eigenvalue weighted by atomic mass is 35.5. The maximum absolute atomic E-state index is 12.4. The quantitative estimate of drug-likeness (QED) is 0.769. The summed E-state index contributed by atoms with van der Waals surface area (Å²) in [7, 11) is 0. The molecule has 0 bridgehead atoms. The summed E-state index contributed by atoms with van der Waals surface area (Å²) in [5.74, 6) is 1.11. The smallest absolute Gasteiger partial charge is 0.189 e. The van der Waals surface area contributed by atoms with Crippen LogP contribution in [0.15, 0.2) is 0 Å². The van der Waals surface area contributed by atoms with Crippen molar-refractivity contribution in [3.63, 3.8) is 0 Å². The lowest BCUT2D eigenvalue weighted by Crippen LogP contribution is -3.19. The molecule has 0 radical (unpaired) electrons. The molecule has 0 amide bonds. The molecule has 6 atom stereocenters. The molecule has 0 aromatic rings. The second-order valence-corrected chi connectivity index (χ2v) is 7.45. The number of carbonyl (C=O) groups excluding carboxylic acids is 1. The van der Waals surface area contributed by atoms with Crippen molar-refractivity contribution >= 4 is 29.0 Å². The molecule has 19 heavy (non-hydrogen) atoms. The van der Waals surface area contributed by atoms with Gasteiger partial charge in [-0.2, -0.15) is 0 Å². The molecular weight excluding hydrogens is 283 g/mol. The van der Waals surface area contributed by atoms with Crippen LogP contribution in [0.2, 0.25) is 0 Å². The number of halogens is 2. The Kier molecular flexibility index (Phi) is 5.53. The molecule has 3 nitrogen and oxygen atoms in total. The minimum absolute atomic E-state index is 0.0242. The van der Waals surface area contributed by atoms with Crippen LogP contribution in [0.5, 0.6) is 0 Å². The summed E-state index contributed by atoms with van der Waals surface area (Å²) in [6.07, 6.45) is 4.77. The van der Waals surface area contributed by atoms with Gasteiger partial charge in [-0.05, 0) is 31.6 Å². The number of ketones is 1. The Morgan fingerprint density at radius 1 is 1.21 bits per heavy atom. The predicted molar refractivity (Wildman–Crippen MR) is 78.7 cm³/mol. The Bertz CT molecular complexity index is 327. The number of nitrogens with two attached hydrogens (primary N) is 1. The topological polar surface area (TPSA) is 47.5 Å². The fourth-order valence-electron chi connectivity index (χ4n) is 3.29. The fraction of sp³-hybridized carbons (Fsp3) is 0.929. The van der Waals surface area contributed by atoms with E-state index in [0.29, 0.717) is 18.2 Å². The first-order chi connectivity index (χ1) is 8.97. The van der Waals surface area contributed by atoms with Gasteiger partial charge < -0.3 is 4.90 Å². The third-order valence-electron chi connectivity index (χ3n) is 4.69.